The molecule has 2 aromatic rings. The Bertz CT molecular complexity index is 486. The Morgan fingerprint density at radius 1 is 1.19 bits per heavy atom. The Hall–Kier alpha value is -2.01. The first-order chi connectivity index (χ1) is 7.75. The predicted molar refractivity (Wildman–Crippen MR) is 59.2 cm³/mol. The largest absolute Gasteiger partial charge is 0.306 e. The summed E-state index contributed by atoms with van der Waals surface area (Å²) >= 11 is 5.51. The maximum atomic E-state index is 11.7. The number of amides is 1. The Morgan fingerprint density at radius 2 is 1.94 bits per heavy atom. The van der Waals surface area contributed by atoms with E-state index in [9.17, 15) is 4.79 Å². The molecule has 1 amide bonds. The molecule has 0 atom stereocenters. The molecule has 2 aromatic heterocycles. The maximum absolute atomic E-state index is 11.7. The minimum atomic E-state index is -0.324. The molecule has 0 radical (unpaired) electrons. The van der Waals surface area contributed by atoms with Crippen molar-refractivity contribution in [2.24, 2.45) is 0 Å². The lowest BCUT2D eigenvalue weighted by Gasteiger charge is -2.02. The highest BCUT2D eigenvalue weighted by Crippen LogP contribution is 2.05. The summed E-state index contributed by atoms with van der Waals surface area (Å²) in [5.41, 5.74) is 0.329. The van der Waals surface area contributed by atoms with Crippen LogP contribution in [0.25, 0.3) is 0 Å². The molecule has 0 unspecified atom stereocenters. The van der Waals surface area contributed by atoms with E-state index in [2.05, 4.69) is 20.3 Å². The summed E-state index contributed by atoms with van der Waals surface area (Å²) < 4.78 is 0. The third-order valence-corrected chi connectivity index (χ3v) is 1.98. The average molecular weight is 235 g/mol. The monoisotopic (exact) mass is 234 g/mol. The van der Waals surface area contributed by atoms with Crippen molar-refractivity contribution in [1.29, 1.82) is 0 Å². The van der Waals surface area contributed by atoms with Crippen LogP contribution in [0.4, 0.5) is 5.82 Å². The molecule has 16 heavy (non-hydrogen) atoms. The molecule has 0 aliphatic rings. The van der Waals surface area contributed by atoms with E-state index in [1.54, 1.807) is 24.4 Å². The van der Waals surface area contributed by atoms with Crippen LogP contribution in [0.1, 0.15) is 10.4 Å². The predicted octanol–water partition coefficient (Wildman–Crippen LogP) is 1.78. The Balaban J connectivity index is 2.12. The van der Waals surface area contributed by atoms with Crippen LogP contribution in [-0.2, 0) is 0 Å². The lowest BCUT2D eigenvalue weighted by atomic mass is 10.3. The van der Waals surface area contributed by atoms with Crippen LogP contribution >= 0.6 is 11.6 Å². The number of nitrogens with one attached hydrogen (secondary N) is 1. The zero-order valence-electron chi connectivity index (χ0n) is 8.09. The second kappa shape index (κ2) is 4.67. The van der Waals surface area contributed by atoms with Crippen molar-refractivity contribution in [1.82, 2.24) is 15.0 Å². The Labute approximate surface area is 96.5 Å². The van der Waals surface area contributed by atoms with Gasteiger partial charge >= 0.3 is 0 Å². The second-order valence-electron chi connectivity index (χ2n) is 2.91. The molecule has 2 rings (SSSR count). The van der Waals surface area contributed by atoms with E-state index in [1.807, 2.05) is 0 Å². The van der Waals surface area contributed by atoms with Crippen molar-refractivity contribution < 1.29 is 4.79 Å². The fraction of sp³-hybridized carbons (Fsp3) is 0. The summed E-state index contributed by atoms with van der Waals surface area (Å²) in [5.74, 6) is 0.151. The van der Waals surface area contributed by atoms with Gasteiger partial charge in [-0.1, -0.05) is 6.07 Å². The van der Waals surface area contributed by atoms with Gasteiger partial charge in [-0.05, 0) is 23.7 Å². The highest BCUT2D eigenvalue weighted by atomic mass is 35.5. The number of pyridine rings is 1. The van der Waals surface area contributed by atoms with E-state index in [0.29, 0.717) is 11.4 Å². The van der Waals surface area contributed by atoms with Crippen LogP contribution in [0, 0.1) is 0 Å². The van der Waals surface area contributed by atoms with Crippen LogP contribution in [0.2, 0.25) is 5.28 Å². The summed E-state index contributed by atoms with van der Waals surface area (Å²) in [4.78, 5) is 23.0. The van der Waals surface area contributed by atoms with Gasteiger partial charge in [-0.25, -0.2) is 15.0 Å². The number of aromatic nitrogens is 3. The molecule has 0 saturated carbocycles. The van der Waals surface area contributed by atoms with Crippen molar-refractivity contribution in [2.45, 2.75) is 0 Å². The third-order valence-electron chi connectivity index (χ3n) is 1.79. The van der Waals surface area contributed by atoms with Crippen molar-refractivity contribution >= 4 is 23.3 Å². The normalized spacial score (nSPS) is 9.81. The van der Waals surface area contributed by atoms with E-state index < -0.39 is 0 Å². The van der Waals surface area contributed by atoms with Gasteiger partial charge in [0.15, 0.2) is 0 Å². The van der Waals surface area contributed by atoms with Gasteiger partial charge in [0.1, 0.15) is 5.82 Å². The molecule has 0 aromatic carbocycles. The molecule has 0 bridgehead atoms. The zero-order chi connectivity index (χ0) is 11.4. The van der Waals surface area contributed by atoms with Gasteiger partial charge in [0, 0.05) is 18.6 Å². The smallest absolute Gasteiger partial charge is 0.259 e. The third kappa shape index (κ3) is 2.52. The first kappa shape index (κ1) is 10.5. The summed E-state index contributed by atoms with van der Waals surface area (Å²) in [7, 11) is 0. The Morgan fingerprint density at radius 3 is 2.56 bits per heavy atom. The number of nitrogens with zero attached hydrogens (tertiary/aromatic N) is 3. The minimum absolute atomic E-state index is 0.106. The number of hydrogen-bond donors (Lipinski definition) is 1. The fourth-order valence-corrected chi connectivity index (χ4v) is 1.15. The SMILES string of the molecule is O=C(Nc1ccccn1)c1cnc(Cl)nc1. The molecule has 5 nitrogen and oxygen atoms in total. The molecule has 2 heterocycles. The molecule has 0 fully saturated rings. The lowest BCUT2D eigenvalue weighted by Crippen LogP contribution is -2.13. The van der Waals surface area contributed by atoms with E-state index in [-0.39, 0.29) is 11.2 Å². The lowest BCUT2D eigenvalue weighted by molar-refractivity contribution is 0.102. The van der Waals surface area contributed by atoms with Gasteiger partial charge in [0.25, 0.3) is 5.91 Å². The highest BCUT2D eigenvalue weighted by molar-refractivity contribution is 6.28. The number of carbonyl (C=O) groups excluding carboxylic acids is 1. The minimum Gasteiger partial charge on any atom is -0.306 e. The van der Waals surface area contributed by atoms with Gasteiger partial charge in [0.2, 0.25) is 5.28 Å². The first-order valence-corrected chi connectivity index (χ1v) is 4.83. The Kier molecular flexibility index (Phi) is 3.07. The molecule has 1 N–H and O–H groups in total. The van der Waals surface area contributed by atoms with E-state index in [1.165, 1.54) is 12.4 Å². The molecule has 80 valence electrons. The number of anilines is 1. The fourth-order valence-electron chi connectivity index (χ4n) is 1.05. The molecule has 6 heteroatoms. The summed E-state index contributed by atoms with van der Waals surface area (Å²) in [6.07, 6.45) is 4.30. The standard InChI is InChI=1S/C10H7ClN4O/c11-10-13-5-7(6-14-10)9(16)15-8-3-1-2-4-12-8/h1-6H,(H,12,15,16). The first-order valence-electron chi connectivity index (χ1n) is 4.45. The van der Waals surface area contributed by atoms with Crippen molar-refractivity contribution in [3.05, 3.63) is 47.6 Å². The summed E-state index contributed by atoms with van der Waals surface area (Å²) in [6, 6.07) is 5.23. The van der Waals surface area contributed by atoms with Crippen LogP contribution in [-0.4, -0.2) is 20.9 Å². The molecule has 0 spiro atoms. The van der Waals surface area contributed by atoms with Crippen molar-refractivity contribution in [3.8, 4) is 0 Å². The highest BCUT2D eigenvalue weighted by Gasteiger charge is 2.07. The summed E-state index contributed by atoms with van der Waals surface area (Å²) in [6.45, 7) is 0. The number of carbonyl (C=O) groups is 1. The summed E-state index contributed by atoms with van der Waals surface area (Å²) in [5, 5.41) is 2.71. The number of hydrogen-bond acceptors (Lipinski definition) is 4. The van der Waals surface area contributed by atoms with E-state index >= 15 is 0 Å². The van der Waals surface area contributed by atoms with Gasteiger partial charge < -0.3 is 5.32 Å². The van der Waals surface area contributed by atoms with Gasteiger partial charge in [-0.3, -0.25) is 4.79 Å². The molecule has 0 aliphatic carbocycles. The number of halogens is 1. The second-order valence-corrected chi connectivity index (χ2v) is 3.25. The van der Waals surface area contributed by atoms with Crippen LogP contribution in [0.3, 0.4) is 0 Å². The van der Waals surface area contributed by atoms with Gasteiger partial charge in [-0.2, -0.15) is 0 Å². The number of rotatable bonds is 2. The topological polar surface area (TPSA) is 67.8 Å². The molecule has 0 saturated heterocycles. The van der Waals surface area contributed by atoms with E-state index in [0.717, 1.165) is 0 Å². The molecular formula is C10H7ClN4O. The zero-order valence-corrected chi connectivity index (χ0v) is 8.85. The quantitative estimate of drug-likeness (QED) is 0.805. The van der Waals surface area contributed by atoms with Crippen LogP contribution < -0.4 is 5.32 Å². The molecular weight excluding hydrogens is 228 g/mol. The van der Waals surface area contributed by atoms with Crippen LogP contribution in [0.5, 0.6) is 0 Å². The van der Waals surface area contributed by atoms with E-state index in [4.69, 9.17) is 11.6 Å². The van der Waals surface area contributed by atoms with Gasteiger partial charge in [-0.15, -0.1) is 0 Å². The molecule has 0 aliphatic heterocycles. The maximum Gasteiger partial charge on any atom is 0.259 e. The van der Waals surface area contributed by atoms with Gasteiger partial charge in [0.05, 0.1) is 5.56 Å². The van der Waals surface area contributed by atoms with Crippen molar-refractivity contribution in [2.75, 3.05) is 5.32 Å². The van der Waals surface area contributed by atoms with Crippen molar-refractivity contribution in [3.63, 3.8) is 0 Å². The average Bonchev–Trinajstić information content (AvgIpc) is 2.31. The van der Waals surface area contributed by atoms with Crippen LogP contribution in [0.15, 0.2) is 36.8 Å².